The predicted molar refractivity (Wildman–Crippen MR) is 79.6 cm³/mol. The molecule has 1 aromatic carbocycles. The number of aryl methyl sites for hydroxylation is 1. The van der Waals surface area contributed by atoms with Crippen LogP contribution in [0.3, 0.4) is 0 Å². The van der Waals surface area contributed by atoms with Crippen molar-refractivity contribution in [3.05, 3.63) is 42.0 Å². The van der Waals surface area contributed by atoms with E-state index in [1.54, 1.807) is 19.1 Å². The lowest BCUT2D eigenvalue weighted by Gasteiger charge is -2.23. The SMILES string of the molecule is C#CCN(CC(O)C(=C)C)S(=O)(=O)c1ccc(C)cc1. The molecule has 1 aromatic rings. The molecule has 0 saturated heterocycles. The zero-order valence-corrected chi connectivity index (χ0v) is 12.5. The molecule has 0 aliphatic rings. The van der Waals surface area contributed by atoms with Gasteiger partial charge in [0.1, 0.15) is 0 Å². The molecule has 5 heteroatoms. The molecule has 0 spiro atoms. The van der Waals surface area contributed by atoms with E-state index in [4.69, 9.17) is 6.42 Å². The van der Waals surface area contributed by atoms with Gasteiger partial charge in [0.15, 0.2) is 0 Å². The Hall–Kier alpha value is -1.61. The predicted octanol–water partition coefficient (Wildman–Crippen LogP) is 1.56. The van der Waals surface area contributed by atoms with Gasteiger partial charge in [-0.25, -0.2) is 8.42 Å². The number of sulfonamides is 1. The van der Waals surface area contributed by atoms with Crippen LogP contribution >= 0.6 is 0 Å². The molecule has 108 valence electrons. The Balaban J connectivity index is 3.09. The van der Waals surface area contributed by atoms with Crippen LogP contribution in [-0.4, -0.2) is 37.0 Å². The average Bonchev–Trinajstić information content (AvgIpc) is 2.38. The highest BCUT2D eigenvalue weighted by molar-refractivity contribution is 7.89. The zero-order chi connectivity index (χ0) is 15.3. The maximum atomic E-state index is 12.5. The summed E-state index contributed by atoms with van der Waals surface area (Å²) in [7, 11) is -3.72. The Labute approximate surface area is 120 Å². The van der Waals surface area contributed by atoms with E-state index in [-0.39, 0.29) is 18.0 Å². The monoisotopic (exact) mass is 293 g/mol. The molecule has 0 bridgehead atoms. The Morgan fingerprint density at radius 2 is 2.00 bits per heavy atom. The minimum atomic E-state index is -3.72. The van der Waals surface area contributed by atoms with E-state index < -0.39 is 16.1 Å². The second-order valence-electron chi connectivity index (χ2n) is 4.68. The zero-order valence-electron chi connectivity index (χ0n) is 11.7. The van der Waals surface area contributed by atoms with E-state index in [1.165, 1.54) is 12.1 Å². The molecule has 4 nitrogen and oxygen atoms in total. The molecule has 0 saturated carbocycles. The molecule has 20 heavy (non-hydrogen) atoms. The van der Waals surface area contributed by atoms with E-state index in [0.29, 0.717) is 5.57 Å². The number of aliphatic hydroxyl groups excluding tert-OH is 1. The van der Waals surface area contributed by atoms with Crippen LogP contribution in [0.15, 0.2) is 41.3 Å². The van der Waals surface area contributed by atoms with Gasteiger partial charge in [0.05, 0.1) is 17.5 Å². The second kappa shape index (κ2) is 6.71. The smallest absolute Gasteiger partial charge is 0.244 e. The van der Waals surface area contributed by atoms with Gasteiger partial charge < -0.3 is 5.11 Å². The van der Waals surface area contributed by atoms with Gasteiger partial charge in [0.25, 0.3) is 0 Å². The molecule has 0 aliphatic carbocycles. The Kier molecular flexibility index (Phi) is 5.52. The summed E-state index contributed by atoms with van der Waals surface area (Å²) in [5.41, 5.74) is 1.46. The lowest BCUT2D eigenvalue weighted by Crippen LogP contribution is -2.38. The van der Waals surface area contributed by atoms with Crippen LogP contribution < -0.4 is 0 Å². The lowest BCUT2D eigenvalue weighted by atomic mass is 10.2. The van der Waals surface area contributed by atoms with Crippen LogP contribution in [-0.2, 0) is 10.0 Å². The third-order valence-electron chi connectivity index (χ3n) is 2.87. The second-order valence-corrected chi connectivity index (χ2v) is 6.61. The first-order valence-corrected chi connectivity index (χ1v) is 7.56. The van der Waals surface area contributed by atoms with Crippen LogP contribution in [0, 0.1) is 19.3 Å². The summed E-state index contributed by atoms with van der Waals surface area (Å²) < 4.78 is 26.0. The number of benzene rings is 1. The van der Waals surface area contributed by atoms with Gasteiger partial charge in [-0.1, -0.05) is 35.8 Å². The normalized spacial score (nSPS) is 12.9. The van der Waals surface area contributed by atoms with Gasteiger partial charge in [-0.15, -0.1) is 6.42 Å². The van der Waals surface area contributed by atoms with Crippen LogP contribution in [0.25, 0.3) is 0 Å². The fraction of sp³-hybridized carbons (Fsp3) is 0.333. The summed E-state index contributed by atoms with van der Waals surface area (Å²) in [6.45, 7) is 6.92. The third-order valence-corrected chi connectivity index (χ3v) is 4.70. The van der Waals surface area contributed by atoms with Crippen molar-refractivity contribution in [1.82, 2.24) is 4.31 Å². The van der Waals surface area contributed by atoms with Crippen molar-refractivity contribution in [2.45, 2.75) is 24.8 Å². The highest BCUT2D eigenvalue weighted by Crippen LogP contribution is 2.17. The van der Waals surface area contributed by atoms with Crippen LogP contribution in [0.4, 0.5) is 0 Å². The number of hydrogen-bond donors (Lipinski definition) is 1. The molecule has 0 amide bonds. The van der Waals surface area contributed by atoms with Gasteiger partial charge >= 0.3 is 0 Å². The quantitative estimate of drug-likeness (QED) is 0.639. The minimum absolute atomic E-state index is 0.0967. The molecule has 1 N–H and O–H groups in total. The first kappa shape index (κ1) is 16.4. The Morgan fingerprint density at radius 3 is 2.45 bits per heavy atom. The van der Waals surface area contributed by atoms with Crippen LogP contribution in [0.2, 0.25) is 0 Å². The van der Waals surface area contributed by atoms with Gasteiger partial charge in [-0.3, -0.25) is 0 Å². The first-order valence-electron chi connectivity index (χ1n) is 6.12. The Morgan fingerprint density at radius 1 is 1.45 bits per heavy atom. The molecule has 1 atom stereocenters. The summed E-state index contributed by atoms with van der Waals surface area (Å²) in [6.07, 6.45) is 4.28. The topological polar surface area (TPSA) is 57.6 Å². The highest BCUT2D eigenvalue weighted by Gasteiger charge is 2.26. The molecule has 1 unspecified atom stereocenters. The van der Waals surface area contributed by atoms with Gasteiger partial charge in [-0.05, 0) is 26.0 Å². The number of terminal acetylenes is 1. The Bertz CT molecular complexity index is 612. The number of hydrogen-bond acceptors (Lipinski definition) is 3. The van der Waals surface area contributed by atoms with Crippen molar-refractivity contribution in [2.75, 3.05) is 13.1 Å². The lowest BCUT2D eigenvalue weighted by molar-refractivity contribution is 0.182. The van der Waals surface area contributed by atoms with Gasteiger partial charge in [0, 0.05) is 6.54 Å². The summed E-state index contributed by atoms with van der Waals surface area (Å²) in [6, 6.07) is 6.49. The molecule has 0 fully saturated rings. The largest absolute Gasteiger partial charge is 0.387 e. The van der Waals surface area contributed by atoms with E-state index in [1.807, 2.05) is 6.92 Å². The van der Waals surface area contributed by atoms with E-state index in [9.17, 15) is 13.5 Å². The standard InChI is InChI=1S/C15H19NO3S/c1-5-10-16(11-15(17)12(2)3)20(18,19)14-8-6-13(4)7-9-14/h1,6-9,15,17H,2,10-11H2,3-4H3. The van der Waals surface area contributed by atoms with Crippen LogP contribution in [0.1, 0.15) is 12.5 Å². The van der Waals surface area contributed by atoms with Gasteiger partial charge in [0.2, 0.25) is 10.0 Å². The number of aliphatic hydroxyl groups is 1. The first-order chi connectivity index (χ1) is 9.28. The molecular weight excluding hydrogens is 274 g/mol. The summed E-state index contributed by atoms with van der Waals surface area (Å²) in [5, 5.41) is 9.80. The van der Waals surface area contributed by atoms with E-state index in [0.717, 1.165) is 9.87 Å². The van der Waals surface area contributed by atoms with E-state index in [2.05, 4.69) is 12.5 Å². The van der Waals surface area contributed by atoms with E-state index >= 15 is 0 Å². The molecule has 1 rings (SSSR count). The van der Waals surface area contributed by atoms with Crippen molar-refractivity contribution in [1.29, 1.82) is 0 Å². The van der Waals surface area contributed by atoms with Gasteiger partial charge in [-0.2, -0.15) is 4.31 Å². The molecule has 0 aromatic heterocycles. The summed E-state index contributed by atoms with van der Waals surface area (Å²) >= 11 is 0. The molecule has 0 radical (unpaired) electrons. The average molecular weight is 293 g/mol. The molecular formula is C15H19NO3S. The van der Waals surface area contributed by atoms with Crippen molar-refractivity contribution >= 4 is 10.0 Å². The van der Waals surface area contributed by atoms with Crippen LogP contribution in [0.5, 0.6) is 0 Å². The van der Waals surface area contributed by atoms with Crippen molar-refractivity contribution < 1.29 is 13.5 Å². The summed E-state index contributed by atoms with van der Waals surface area (Å²) in [4.78, 5) is 0.160. The fourth-order valence-electron chi connectivity index (χ4n) is 1.56. The number of nitrogens with zero attached hydrogens (tertiary/aromatic N) is 1. The minimum Gasteiger partial charge on any atom is -0.387 e. The maximum Gasteiger partial charge on any atom is 0.244 e. The molecule has 0 heterocycles. The van der Waals surface area contributed by atoms with Crippen molar-refractivity contribution in [2.24, 2.45) is 0 Å². The fourth-order valence-corrected chi connectivity index (χ4v) is 2.92. The maximum absolute atomic E-state index is 12.5. The van der Waals surface area contributed by atoms with Crippen molar-refractivity contribution in [3.63, 3.8) is 0 Å². The number of rotatable bonds is 6. The molecule has 0 aliphatic heterocycles. The third kappa shape index (κ3) is 3.94. The summed E-state index contributed by atoms with van der Waals surface area (Å²) in [5.74, 6) is 2.31. The highest BCUT2D eigenvalue weighted by atomic mass is 32.2. The van der Waals surface area contributed by atoms with Crippen molar-refractivity contribution in [3.8, 4) is 12.3 Å².